The van der Waals surface area contributed by atoms with E-state index in [-0.39, 0.29) is 11.4 Å². The third kappa shape index (κ3) is 1.81. The molecular formula is C18H10N6. The van der Waals surface area contributed by atoms with Crippen LogP contribution in [0.2, 0.25) is 0 Å². The van der Waals surface area contributed by atoms with Gasteiger partial charge >= 0.3 is 0 Å². The molecule has 0 aliphatic carbocycles. The highest BCUT2D eigenvalue weighted by Crippen LogP contribution is 2.35. The van der Waals surface area contributed by atoms with E-state index in [4.69, 9.17) is 11.5 Å². The number of fused-ring (bicyclic) bond motifs is 6. The summed E-state index contributed by atoms with van der Waals surface area (Å²) in [5.74, 6) is 0. The minimum Gasteiger partial charge on any atom is -0.399 e. The minimum atomic E-state index is -0.00280. The van der Waals surface area contributed by atoms with E-state index in [0.717, 1.165) is 21.5 Å². The number of nitrogens with zero attached hydrogens (tertiary/aromatic N) is 4. The lowest BCUT2D eigenvalue weighted by Crippen LogP contribution is -1.98. The van der Waals surface area contributed by atoms with Gasteiger partial charge in [0.2, 0.25) is 0 Å². The molecule has 4 N–H and O–H groups in total. The van der Waals surface area contributed by atoms with Crippen molar-refractivity contribution in [3.05, 3.63) is 47.8 Å². The van der Waals surface area contributed by atoms with Crippen molar-refractivity contribution in [1.29, 1.82) is 10.5 Å². The topological polar surface area (TPSA) is 125 Å². The zero-order valence-corrected chi connectivity index (χ0v) is 12.4. The average molecular weight is 310 g/mol. The first-order valence-corrected chi connectivity index (χ1v) is 7.15. The first-order valence-electron chi connectivity index (χ1n) is 7.15. The first-order chi connectivity index (χ1) is 11.6. The lowest BCUT2D eigenvalue weighted by atomic mass is 9.98. The quantitative estimate of drug-likeness (QED) is 0.380. The van der Waals surface area contributed by atoms with Crippen molar-refractivity contribution in [3.63, 3.8) is 0 Å². The summed E-state index contributed by atoms with van der Waals surface area (Å²) in [5.41, 5.74) is 14.1. The van der Waals surface area contributed by atoms with Crippen molar-refractivity contribution in [2.24, 2.45) is 0 Å². The minimum absolute atomic E-state index is 0.00280. The molecule has 0 atom stereocenters. The number of nitrogen functional groups attached to an aromatic ring is 2. The maximum atomic E-state index is 9.24. The standard InChI is InChI=1S/C18H10N6/c19-7-15-16(8-20)24-18-14-6-10(22)2-4-12(14)11-3-1-9(21)5-13(11)17(18)23-15/h1-6H,21-22H2. The lowest BCUT2D eigenvalue weighted by Gasteiger charge is -2.11. The first kappa shape index (κ1) is 13.7. The Hall–Kier alpha value is -3.90. The summed E-state index contributed by atoms with van der Waals surface area (Å²) < 4.78 is 0. The summed E-state index contributed by atoms with van der Waals surface area (Å²) in [6.07, 6.45) is 0. The molecule has 0 spiro atoms. The van der Waals surface area contributed by atoms with Crippen LogP contribution in [-0.2, 0) is 0 Å². The molecular weight excluding hydrogens is 300 g/mol. The van der Waals surface area contributed by atoms with Gasteiger partial charge in [0.15, 0.2) is 11.4 Å². The molecule has 0 bridgehead atoms. The Kier molecular flexibility index (Phi) is 2.75. The van der Waals surface area contributed by atoms with Crippen LogP contribution in [0.4, 0.5) is 11.4 Å². The van der Waals surface area contributed by atoms with Gasteiger partial charge in [0, 0.05) is 22.1 Å². The van der Waals surface area contributed by atoms with Crippen LogP contribution >= 0.6 is 0 Å². The molecule has 112 valence electrons. The molecule has 0 saturated heterocycles. The molecule has 0 aliphatic heterocycles. The number of anilines is 2. The van der Waals surface area contributed by atoms with Crippen LogP contribution in [0.1, 0.15) is 11.4 Å². The van der Waals surface area contributed by atoms with Crippen molar-refractivity contribution in [2.75, 3.05) is 11.5 Å². The maximum Gasteiger partial charge on any atom is 0.177 e. The van der Waals surface area contributed by atoms with Gasteiger partial charge in [0.25, 0.3) is 0 Å². The van der Waals surface area contributed by atoms with E-state index in [1.54, 1.807) is 12.1 Å². The van der Waals surface area contributed by atoms with Crippen LogP contribution < -0.4 is 11.5 Å². The van der Waals surface area contributed by atoms with E-state index < -0.39 is 0 Å². The molecule has 6 nitrogen and oxygen atoms in total. The van der Waals surface area contributed by atoms with E-state index in [1.807, 2.05) is 36.4 Å². The number of benzene rings is 3. The molecule has 0 unspecified atom stereocenters. The molecule has 0 fully saturated rings. The van der Waals surface area contributed by atoms with Gasteiger partial charge in [0.05, 0.1) is 11.0 Å². The SMILES string of the molecule is N#Cc1nc2c3cc(N)ccc3c3ccc(N)cc3c2nc1C#N. The Morgan fingerprint density at radius 2 is 1.08 bits per heavy atom. The fourth-order valence-corrected chi connectivity index (χ4v) is 2.95. The van der Waals surface area contributed by atoms with Gasteiger partial charge in [-0.25, -0.2) is 9.97 Å². The smallest absolute Gasteiger partial charge is 0.177 e. The fraction of sp³-hybridized carbons (Fsp3) is 0. The molecule has 4 rings (SSSR count). The molecule has 0 amide bonds. The molecule has 0 aliphatic rings. The van der Waals surface area contributed by atoms with Crippen LogP contribution in [0.3, 0.4) is 0 Å². The van der Waals surface area contributed by atoms with Crippen molar-refractivity contribution >= 4 is 44.0 Å². The van der Waals surface area contributed by atoms with Crippen LogP contribution in [0.5, 0.6) is 0 Å². The van der Waals surface area contributed by atoms with Crippen LogP contribution in [0.15, 0.2) is 36.4 Å². The van der Waals surface area contributed by atoms with Crippen LogP contribution in [0.25, 0.3) is 32.6 Å². The number of rotatable bonds is 0. The molecule has 0 saturated carbocycles. The zero-order chi connectivity index (χ0) is 16.8. The molecule has 4 aromatic rings. The van der Waals surface area contributed by atoms with Gasteiger partial charge in [-0.1, -0.05) is 12.1 Å². The third-order valence-electron chi connectivity index (χ3n) is 4.00. The van der Waals surface area contributed by atoms with Crippen LogP contribution in [-0.4, -0.2) is 9.97 Å². The second-order valence-corrected chi connectivity index (χ2v) is 5.45. The number of nitriles is 2. The molecule has 3 aromatic carbocycles. The van der Waals surface area contributed by atoms with Crippen LogP contribution in [0, 0.1) is 22.7 Å². The fourth-order valence-electron chi connectivity index (χ4n) is 2.95. The Balaban J connectivity index is 2.38. The van der Waals surface area contributed by atoms with Crippen molar-refractivity contribution < 1.29 is 0 Å². The van der Waals surface area contributed by atoms with E-state index >= 15 is 0 Å². The van der Waals surface area contributed by atoms with Crippen molar-refractivity contribution in [2.45, 2.75) is 0 Å². The summed E-state index contributed by atoms with van der Waals surface area (Å²) in [6.45, 7) is 0. The summed E-state index contributed by atoms with van der Waals surface area (Å²) in [6, 6.07) is 14.9. The second kappa shape index (κ2) is 4.80. The highest BCUT2D eigenvalue weighted by Gasteiger charge is 2.15. The van der Waals surface area contributed by atoms with Gasteiger partial charge < -0.3 is 11.5 Å². The van der Waals surface area contributed by atoms with Gasteiger partial charge in [-0.2, -0.15) is 10.5 Å². The van der Waals surface area contributed by atoms with Gasteiger partial charge in [-0.3, -0.25) is 0 Å². The van der Waals surface area contributed by atoms with Gasteiger partial charge in [0.1, 0.15) is 12.1 Å². The van der Waals surface area contributed by atoms with Gasteiger partial charge in [-0.15, -0.1) is 0 Å². The second-order valence-electron chi connectivity index (χ2n) is 5.45. The lowest BCUT2D eigenvalue weighted by molar-refractivity contribution is 1.21. The Bertz CT molecular complexity index is 1150. The molecule has 6 heteroatoms. The van der Waals surface area contributed by atoms with Crippen molar-refractivity contribution in [1.82, 2.24) is 9.97 Å². The Labute approximate surface area is 136 Å². The maximum absolute atomic E-state index is 9.24. The Morgan fingerprint density at radius 1 is 0.667 bits per heavy atom. The van der Waals surface area contributed by atoms with Gasteiger partial charge in [-0.05, 0) is 35.0 Å². The zero-order valence-electron chi connectivity index (χ0n) is 12.4. The normalized spacial score (nSPS) is 10.8. The van der Waals surface area contributed by atoms with E-state index in [1.165, 1.54) is 0 Å². The molecule has 24 heavy (non-hydrogen) atoms. The predicted molar refractivity (Wildman–Crippen MR) is 92.8 cm³/mol. The molecule has 1 aromatic heterocycles. The monoisotopic (exact) mass is 310 g/mol. The number of hydrogen-bond acceptors (Lipinski definition) is 6. The summed E-state index contributed by atoms with van der Waals surface area (Å²) >= 11 is 0. The summed E-state index contributed by atoms with van der Waals surface area (Å²) in [7, 11) is 0. The number of aromatic nitrogens is 2. The highest BCUT2D eigenvalue weighted by molar-refractivity contribution is 6.24. The summed E-state index contributed by atoms with van der Waals surface area (Å²) in [5, 5.41) is 21.9. The summed E-state index contributed by atoms with van der Waals surface area (Å²) in [4.78, 5) is 8.74. The van der Waals surface area contributed by atoms with E-state index in [9.17, 15) is 10.5 Å². The third-order valence-corrected chi connectivity index (χ3v) is 4.00. The predicted octanol–water partition coefficient (Wildman–Crippen LogP) is 2.84. The van der Waals surface area contributed by atoms with Crippen molar-refractivity contribution in [3.8, 4) is 12.1 Å². The Morgan fingerprint density at radius 3 is 1.46 bits per heavy atom. The van der Waals surface area contributed by atoms with E-state index in [0.29, 0.717) is 22.4 Å². The highest BCUT2D eigenvalue weighted by atomic mass is 14.8. The number of nitrogens with two attached hydrogens (primary N) is 2. The molecule has 1 heterocycles. The largest absolute Gasteiger partial charge is 0.399 e. The number of hydrogen-bond donors (Lipinski definition) is 2. The average Bonchev–Trinajstić information content (AvgIpc) is 2.60. The molecule has 0 radical (unpaired) electrons. The van der Waals surface area contributed by atoms with E-state index in [2.05, 4.69) is 9.97 Å².